The summed E-state index contributed by atoms with van der Waals surface area (Å²) in [6.07, 6.45) is 1.36. The average molecular weight is 383 g/mol. The highest BCUT2D eigenvalue weighted by molar-refractivity contribution is 9.10. The van der Waals surface area contributed by atoms with E-state index in [1.165, 1.54) is 12.3 Å². The lowest BCUT2D eigenvalue weighted by molar-refractivity contribution is -0.394. The van der Waals surface area contributed by atoms with Crippen LogP contribution in [0, 0.1) is 20.2 Å². The van der Waals surface area contributed by atoms with Gasteiger partial charge in [-0.05, 0) is 22.0 Å². The number of hydrogen-bond donors (Lipinski definition) is 2. The van der Waals surface area contributed by atoms with Gasteiger partial charge >= 0.3 is 0 Å². The fourth-order valence-electron chi connectivity index (χ4n) is 1.68. The number of carbonyl (C=O) groups is 1. The van der Waals surface area contributed by atoms with E-state index in [-0.39, 0.29) is 11.3 Å². The number of rotatable bonds is 4. The minimum absolute atomic E-state index is 0.112. The summed E-state index contributed by atoms with van der Waals surface area (Å²) in [4.78, 5) is 45.9. The van der Waals surface area contributed by atoms with Crippen molar-refractivity contribution in [2.75, 3.05) is 5.32 Å². The minimum Gasteiger partial charge on any atom is -0.326 e. The molecule has 1 aromatic heterocycles. The van der Waals surface area contributed by atoms with Crippen molar-refractivity contribution in [2.24, 2.45) is 0 Å². The molecule has 23 heavy (non-hydrogen) atoms. The van der Waals surface area contributed by atoms with Crippen LogP contribution in [0.2, 0.25) is 0 Å². The van der Waals surface area contributed by atoms with E-state index in [2.05, 4.69) is 26.2 Å². The molecule has 0 atom stereocenters. The number of benzene rings is 1. The molecule has 0 unspecified atom stereocenters. The summed E-state index contributed by atoms with van der Waals surface area (Å²) < 4.78 is 0.484. The fraction of sp³-hybridized carbons (Fsp3) is 0. The summed E-state index contributed by atoms with van der Waals surface area (Å²) in [7, 11) is 0. The Kier molecular flexibility index (Phi) is 4.50. The van der Waals surface area contributed by atoms with E-state index in [9.17, 15) is 29.8 Å². The molecule has 0 saturated carbocycles. The summed E-state index contributed by atoms with van der Waals surface area (Å²) in [6.45, 7) is 0. The highest BCUT2D eigenvalue weighted by Gasteiger charge is 2.20. The molecule has 118 valence electrons. The number of halogens is 1. The summed E-state index contributed by atoms with van der Waals surface area (Å²) in [5, 5.41) is 23.8. The van der Waals surface area contributed by atoms with E-state index >= 15 is 0 Å². The number of nitrogens with zero attached hydrogens (tertiary/aromatic N) is 2. The van der Waals surface area contributed by atoms with Crippen molar-refractivity contribution in [1.82, 2.24) is 4.98 Å². The zero-order valence-corrected chi connectivity index (χ0v) is 12.7. The van der Waals surface area contributed by atoms with E-state index in [0.717, 1.165) is 18.2 Å². The van der Waals surface area contributed by atoms with Gasteiger partial charge in [-0.15, -0.1) is 0 Å². The number of amides is 1. The van der Waals surface area contributed by atoms with Crippen molar-refractivity contribution in [3.05, 3.63) is 71.1 Å². The predicted molar refractivity (Wildman–Crippen MR) is 82.5 cm³/mol. The topological polar surface area (TPSA) is 148 Å². The molecule has 11 heteroatoms. The first-order chi connectivity index (χ1) is 10.8. The monoisotopic (exact) mass is 382 g/mol. The van der Waals surface area contributed by atoms with Gasteiger partial charge in [0.15, 0.2) is 0 Å². The molecule has 0 fully saturated rings. The number of aromatic nitrogens is 1. The van der Waals surface area contributed by atoms with Crippen LogP contribution < -0.4 is 10.9 Å². The maximum Gasteiger partial charge on any atom is 0.277 e. The van der Waals surface area contributed by atoms with Gasteiger partial charge in [0.2, 0.25) is 0 Å². The lowest BCUT2D eigenvalue weighted by Crippen LogP contribution is -2.19. The number of carbonyl (C=O) groups excluding carboxylic acids is 1. The number of H-pyrrole nitrogens is 1. The quantitative estimate of drug-likeness (QED) is 0.611. The Morgan fingerprint density at radius 1 is 1.09 bits per heavy atom. The second-order valence-corrected chi connectivity index (χ2v) is 5.18. The molecule has 0 spiro atoms. The molecule has 1 heterocycles. The van der Waals surface area contributed by atoms with Gasteiger partial charge < -0.3 is 10.3 Å². The standard InChI is InChI=1S/C12H7BrN4O6/c13-7-3-10(12(19)14-5-7)15-11(18)6-1-8(16(20)21)4-9(2-6)17(22)23/h1-5H,(H,14,19)(H,15,18). The van der Waals surface area contributed by atoms with Crippen molar-refractivity contribution in [3.8, 4) is 0 Å². The molecule has 2 rings (SSSR count). The maximum atomic E-state index is 12.1. The number of aromatic amines is 1. The molecule has 0 bridgehead atoms. The number of non-ortho nitro benzene ring substituents is 2. The average Bonchev–Trinajstić information content (AvgIpc) is 2.50. The highest BCUT2D eigenvalue weighted by Crippen LogP contribution is 2.23. The maximum absolute atomic E-state index is 12.1. The summed E-state index contributed by atoms with van der Waals surface area (Å²) >= 11 is 3.10. The molecule has 2 aromatic rings. The molecule has 10 nitrogen and oxygen atoms in total. The van der Waals surface area contributed by atoms with E-state index in [1.807, 2.05) is 0 Å². The predicted octanol–water partition coefficient (Wildman–Crippen LogP) is 2.21. The van der Waals surface area contributed by atoms with Crippen molar-refractivity contribution in [3.63, 3.8) is 0 Å². The smallest absolute Gasteiger partial charge is 0.277 e. The number of nitrogens with one attached hydrogen (secondary N) is 2. The number of nitro groups is 2. The van der Waals surface area contributed by atoms with Crippen LogP contribution >= 0.6 is 15.9 Å². The summed E-state index contributed by atoms with van der Waals surface area (Å²) in [5.74, 6) is -0.889. The molecule has 0 aliphatic carbocycles. The van der Waals surface area contributed by atoms with Crippen molar-refractivity contribution in [2.45, 2.75) is 0 Å². The zero-order valence-electron chi connectivity index (χ0n) is 11.1. The number of nitro benzene ring substituents is 2. The van der Waals surface area contributed by atoms with E-state index in [0.29, 0.717) is 4.47 Å². The summed E-state index contributed by atoms with van der Waals surface area (Å²) in [5.41, 5.74) is -2.23. The number of pyridine rings is 1. The van der Waals surface area contributed by atoms with E-state index in [4.69, 9.17) is 0 Å². The fourth-order valence-corrected chi connectivity index (χ4v) is 2.03. The first-order valence-corrected chi connectivity index (χ1v) is 6.70. The molecule has 0 aliphatic rings. The Bertz CT molecular complexity index is 846. The molecule has 2 N–H and O–H groups in total. The van der Waals surface area contributed by atoms with Gasteiger partial charge in [0, 0.05) is 22.8 Å². The number of anilines is 1. The molecule has 0 saturated heterocycles. The Balaban J connectivity index is 2.42. The van der Waals surface area contributed by atoms with E-state index < -0.39 is 32.7 Å². The molecule has 1 amide bonds. The van der Waals surface area contributed by atoms with Crippen LogP contribution in [0.15, 0.2) is 39.7 Å². The lowest BCUT2D eigenvalue weighted by Gasteiger charge is -2.05. The summed E-state index contributed by atoms with van der Waals surface area (Å²) in [6, 6.07) is 3.83. The Hall–Kier alpha value is -3.08. The minimum atomic E-state index is -0.889. The Morgan fingerprint density at radius 2 is 1.65 bits per heavy atom. The molecule has 0 radical (unpaired) electrons. The van der Waals surface area contributed by atoms with Crippen LogP contribution in [-0.2, 0) is 0 Å². The number of hydrogen-bond acceptors (Lipinski definition) is 6. The van der Waals surface area contributed by atoms with Gasteiger partial charge in [-0.3, -0.25) is 29.8 Å². The first-order valence-electron chi connectivity index (χ1n) is 5.91. The van der Waals surface area contributed by atoms with Gasteiger partial charge in [-0.25, -0.2) is 0 Å². The second kappa shape index (κ2) is 6.36. The molecule has 1 aromatic carbocycles. The van der Waals surface area contributed by atoms with Gasteiger partial charge in [0.05, 0.1) is 21.5 Å². The lowest BCUT2D eigenvalue weighted by atomic mass is 10.1. The van der Waals surface area contributed by atoms with Gasteiger partial charge in [0.25, 0.3) is 22.8 Å². The third kappa shape index (κ3) is 3.77. The van der Waals surface area contributed by atoms with Crippen LogP contribution in [0.4, 0.5) is 17.1 Å². The van der Waals surface area contributed by atoms with Crippen LogP contribution in [-0.4, -0.2) is 20.7 Å². The first kappa shape index (κ1) is 16.3. The van der Waals surface area contributed by atoms with Gasteiger partial charge in [-0.2, -0.15) is 0 Å². The second-order valence-electron chi connectivity index (χ2n) is 4.27. The van der Waals surface area contributed by atoms with Gasteiger partial charge in [0.1, 0.15) is 5.69 Å². The van der Waals surface area contributed by atoms with Crippen LogP contribution in [0.5, 0.6) is 0 Å². The normalized spacial score (nSPS) is 10.1. The Labute approximate surface area is 135 Å². The largest absolute Gasteiger partial charge is 0.326 e. The van der Waals surface area contributed by atoms with Crippen LogP contribution in [0.25, 0.3) is 0 Å². The molecular weight excluding hydrogens is 376 g/mol. The molecule has 0 aliphatic heterocycles. The molecular formula is C12H7BrN4O6. The van der Waals surface area contributed by atoms with Crippen LogP contribution in [0.1, 0.15) is 10.4 Å². The third-order valence-electron chi connectivity index (χ3n) is 2.70. The van der Waals surface area contributed by atoms with Crippen molar-refractivity contribution >= 4 is 38.9 Å². The van der Waals surface area contributed by atoms with Crippen molar-refractivity contribution in [1.29, 1.82) is 0 Å². The van der Waals surface area contributed by atoms with Crippen molar-refractivity contribution < 1.29 is 14.6 Å². The SMILES string of the molecule is O=C(Nc1cc(Br)c[nH]c1=O)c1cc([N+](=O)[O-])cc([N+](=O)[O-])c1. The van der Waals surface area contributed by atoms with Gasteiger partial charge in [-0.1, -0.05) is 0 Å². The zero-order chi connectivity index (χ0) is 17.1. The van der Waals surface area contributed by atoms with E-state index in [1.54, 1.807) is 0 Å². The highest BCUT2D eigenvalue weighted by atomic mass is 79.9. The Morgan fingerprint density at radius 3 is 2.17 bits per heavy atom. The third-order valence-corrected chi connectivity index (χ3v) is 3.16. The van der Waals surface area contributed by atoms with Crippen LogP contribution in [0.3, 0.4) is 0 Å².